The zero-order valence-corrected chi connectivity index (χ0v) is 18.7. The minimum absolute atomic E-state index is 0.0402. The van der Waals surface area contributed by atoms with Crippen LogP contribution < -0.4 is 4.74 Å². The molecule has 9 heteroatoms. The van der Waals surface area contributed by atoms with Crippen LogP contribution in [0.4, 0.5) is 0 Å². The lowest BCUT2D eigenvalue weighted by Gasteiger charge is -2.28. The lowest BCUT2D eigenvalue weighted by molar-refractivity contribution is -0.0844. The molecule has 0 spiro atoms. The van der Waals surface area contributed by atoms with E-state index in [9.17, 15) is 15.0 Å². The number of hydrogen-bond donors (Lipinski definition) is 2. The summed E-state index contributed by atoms with van der Waals surface area (Å²) < 4.78 is 13.3. The number of aromatic nitrogens is 3. The number of aliphatic hydroxyl groups is 1. The predicted molar refractivity (Wildman–Crippen MR) is 119 cm³/mol. The van der Waals surface area contributed by atoms with Crippen molar-refractivity contribution in [2.45, 2.75) is 57.5 Å². The van der Waals surface area contributed by atoms with Crippen molar-refractivity contribution in [3.05, 3.63) is 52.3 Å². The van der Waals surface area contributed by atoms with Crippen molar-refractivity contribution in [1.29, 1.82) is 0 Å². The lowest BCUT2D eigenvalue weighted by Crippen LogP contribution is -2.31. The third kappa shape index (κ3) is 4.44. The van der Waals surface area contributed by atoms with E-state index in [0.29, 0.717) is 27.4 Å². The number of aliphatic hydroxyl groups excluding tert-OH is 1. The molecule has 4 rings (SSSR count). The minimum atomic E-state index is -1.07. The number of hydrogen-bond acceptors (Lipinski definition) is 6. The fourth-order valence-electron chi connectivity index (χ4n) is 4.25. The van der Waals surface area contributed by atoms with Gasteiger partial charge in [-0.05, 0) is 31.4 Å². The number of benzene rings is 1. The number of methoxy groups -OCH3 is 1. The molecule has 0 saturated heterocycles. The monoisotopic (exact) mass is 459 g/mol. The van der Waals surface area contributed by atoms with E-state index in [-0.39, 0.29) is 18.2 Å². The van der Waals surface area contributed by atoms with Crippen LogP contribution in [0.15, 0.2) is 30.6 Å². The van der Waals surface area contributed by atoms with Crippen LogP contribution in [0.25, 0.3) is 11.0 Å². The molecule has 1 aliphatic carbocycles. The van der Waals surface area contributed by atoms with Crippen LogP contribution in [-0.2, 0) is 11.3 Å². The third-order valence-electron chi connectivity index (χ3n) is 5.92. The first-order chi connectivity index (χ1) is 15.4. The summed E-state index contributed by atoms with van der Waals surface area (Å²) in [4.78, 5) is 15.7. The molecule has 0 aliphatic heterocycles. The van der Waals surface area contributed by atoms with Gasteiger partial charge < -0.3 is 19.7 Å². The van der Waals surface area contributed by atoms with E-state index in [1.54, 1.807) is 24.1 Å². The van der Waals surface area contributed by atoms with E-state index in [1.165, 1.54) is 12.3 Å². The fourth-order valence-corrected chi connectivity index (χ4v) is 4.66. The second kappa shape index (κ2) is 9.44. The van der Waals surface area contributed by atoms with E-state index >= 15 is 0 Å². The summed E-state index contributed by atoms with van der Waals surface area (Å²) in [6, 6.07) is 5.04. The number of pyridine rings is 1. The first-order valence-corrected chi connectivity index (χ1v) is 11.0. The summed E-state index contributed by atoms with van der Waals surface area (Å²) >= 11 is 6.55. The van der Waals surface area contributed by atoms with Crippen molar-refractivity contribution in [3.63, 3.8) is 0 Å². The summed E-state index contributed by atoms with van der Waals surface area (Å²) in [6.07, 6.45) is 5.50. The summed E-state index contributed by atoms with van der Waals surface area (Å²) in [7, 11) is 1.54. The number of rotatable bonds is 8. The average molecular weight is 460 g/mol. The van der Waals surface area contributed by atoms with Crippen LogP contribution in [0, 0.1) is 6.92 Å². The van der Waals surface area contributed by atoms with Crippen LogP contribution in [0.5, 0.6) is 5.75 Å². The lowest BCUT2D eigenvalue weighted by atomic mass is 10.0. The molecule has 2 N–H and O–H groups in total. The van der Waals surface area contributed by atoms with E-state index in [1.807, 2.05) is 13.0 Å². The second-order valence-corrected chi connectivity index (χ2v) is 8.47. The molecule has 2 aromatic heterocycles. The van der Waals surface area contributed by atoms with E-state index in [4.69, 9.17) is 21.1 Å². The van der Waals surface area contributed by atoms with Gasteiger partial charge in [-0.15, -0.1) is 0 Å². The topological polar surface area (TPSA) is 107 Å². The molecule has 3 aromatic rings. The summed E-state index contributed by atoms with van der Waals surface area (Å²) in [5.41, 5.74) is 2.22. The zero-order chi connectivity index (χ0) is 22.8. The quantitative estimate of drug-likeness (QED) is 0.520. The smallest absolute Gasteiger partial charge is 0.338 e. The van der Waals surface area contributed by atoms with Gasteiger partial charge in [-0.2, -0.15) is 5.10 Å². The van der Waals surface area contributed by atoms with Crippen molar-refractivity contribution < 1.29 is 24.5 Å². The third-order valence-corrected chi connectivity index (χ3v) is 6.31. The van der Waals surface area contributed by atoms with E-state index < -0.39 is 18.2 Å². The van der Waals surface area contributed by atoms with Gasteiger partial charge in [0.1, 0.15) is 29.0 Å². The number of carboxylic acids is 1. The van der Waals surface area contributed by atoms with Gasteiger partial charge in [0, 0.05) is 11.8 Å². The molecule has 1 saturated carbocycles. The van der Waals surface area contributed by atoms with E-state index in [2.05, 4.69) is 10.1 Å². The van der Waals surface area contributed by atoms with Gasteiger partial charge >= 0.3 is 5.97 Å². The summed E-state index contributed by atoms with van der Waals surface area (Å²) in [6.45, 7) is 2.09. The summed E-state index contributed by atoms with van der Waals surface area (Å²) in [5, 5.41) is 25.5. The maximum Gasteiger partial charge on any atom is 0.338 e. The van der Waals surface area contributed by atoms with E-state index in [0.717, 1.165) is 31.2 Å². The predicted octanol–water partition coefficient (Wildman–Crippen LogP) is 4.16. The Morgan fingerprint density at radius 3 is 2.75 bits per heavy atom. The number of fused-ring (bicyclic) bond motifs is 1. The Balaban J connectivity index is 1.68. The number of carboxylic acid groups (broad SMARTS) is 1. The molecule has 1 aromatic carbocycles. The van der Waals surface area contributed by atoms with Crippen LogP contribution in [0.1, 0.15) is 53.3 Å². The molecule has 2 atom stereocenters. The Bertz CT molecular complexity index is 1130. The van der Waals surface area contributed by atoms with Gasteiger partial charge in [0.05, 0.1) is 36.5 Å². The molecule has 0 radical (unpaired) electrons. The Hall–Kier alpha value is -2.68. The molecule has 2 unspecified atom stereocenters. The zero-order valence-electron chi connectivity index (χ0n) is 18.0. The van der Waals surface area contributed by atoms with Crippen molar-refractivity contribution in [1.82, 2.24) is 14.8 Å². The van der Waals surface area contributed by atoms with Gasteiger partial charge in [-0.1, -0.05) is 36.6 Å². The SMILES string of the molecule is COc1c(C)ccc(C(O)C(Cn2cc3nccc(C(=O)O)c3n2)OC2CCCC2)c1Cl. The van der Waals surface area contributed by atoms with Gasteiger partial charge in [0.25, 0.3) is 0 Å². The fraction of sp³-hybridized carbons (Fsp3) is 0.435. The van der Waals surface area contributed by atoms with Crippen molar-refractivity contribution in [2.75, 3.05) is 7.11 Å². The molecule has 0 amide bonds. The average Bonchev–Trinajstić information content (AvgIpc) is 3.42. The first kappa shape index (κ1) is 22.5. The van der Waals surface area contributed by atoms with Crippen LogP contribution >= 0.6 is 11.6 Å². The van der Waals surface area contributed by atoms with Crippen molar-refractivity contribution >= 4 is 28.6 Å². The molecule has 32 heavy (non-hydrogen) atoms. The van der Waals surface area contributed by atoms with Gasteiger partial charge in [0.2, 0.25) is 0 Å². The highest BCUT2D eigenvalue weighted by Crippen LogP contribution is 2.37. The Labute approximate surface area is 190 Å². The number of carbonyl (C=O) groups is 1. The molecule has 1 fully saturated rings. The minimum Gasteiger partial charge on any atom is -0.495 e. The Morgan fingerprint density at radius 2 is 2.06 bits per heavy atom. The molecule has 0 bridgehead atoms. The molecule has 2 heterocycles. The van der Waals surface area contributed by atoms with Crippen LogP contribution in [0.3, 0.4) is 0 Å². The standard InChI is InChI=1S/C23H26ClN3O5/c1-13-7-8-15(19(24)22(13)31-2)21(28)18(32-14-5-3-4-6-14)12-27-11-17-20(26-27)16(23(29)30)9-10-25-17/h7-11,14,18,21,28H,3-6,12H2,1-2H3,(H,29,30). The Morgan fingerprint density at radius 1 is 1.31 bits per heavy atom. The number of aryl methyl sites for hydroxylation is 1. The first-order valence-electron chi connectivity index (χ1n) is 10.6. The number of ether oxygens (including phenoxy) is 2. The molecular formula is C23H26ClN3O5. The van der Waals surface area contributed by atoms with Crippen molar-refractivity contribution in [2.24, 2.45) is 0 Å². The molecule has 8 nitrogen and oxygen atoms in total. The normalized spacial score (nSPS) is 16.4. The van der Waals surface area contributed by atoms with Crippen LogP contribution in [0.2, 0.25) is 5.02 Å². The second-order valence-electron chi connectivity index (χ2n) is 8.09. The highest BCUT2D eigenvalue weighted by molar-refractivity contribution is 6.33. The molecule has 1 aliphatic rings. The maximum absolute atomic E-state index is 11.5. The van der Waals surface area contributed by atoms with Crippen LogP contribution in [-0.4, -0.2) is 50.3 Å². The number of nitrogens with zero attached hydrogens (tertiary/aromatic N) is 3. The summed E-state index contributed by atoms with van der Waals surface area (Å²) in [5.74, 6) is -0.553. The largest absolute Gasteiger partial charge is 0.495 e. The number of halogens is 1. The maximum atomic E-state index is 11.5. The van der Waals surface area contributed by atoms with Gasteiger partial charge in [-0.25, -0.2) is 4.79 Å². The van der Waals surface area contributed by atoms with Gasteiger partial charge in [0.15, 0.2) is 0 Å². The van der Waals surface area contributed by atoms with Crippen molar-refractivity contribution in [3.8, 4) is 5.75 Å². The molecule has 170 valence electrons. The van der Waals surface area contributed by atoms with Gasteiger partial charge in [-0.3, -0.25) is 9.67 Å². The molecular weight excluding hydrogens is 434 g/mol. The highest BCUT2D eigenvalue weighted by Gasteiger charge is 2.30. The Kier molecular flexibility index (Phi) is 6.64. The highest BCUT2D eigenvalue weighted by atomic mass is 35.5. The number of aromatic carboxylic acids is 1.